The molecule has 3 aliphatic rings. The van der Waals surface area contributed by atoms with Crippen molar-refractivity contribution in [3.05, 3.63) is 59.7 Å². The van der Waals surface area contributed by atoms with Gasteiger partial charge in [0.15, 0.2) is 0 Å². The lowest BCUT2D eigenvalue weighted by atomic mass is 9.55. The maximum absolute atomic E-state index is 12.4. The highest BCUT2D eigenvalue weighted by Crippen LogP contribution is 2.67. The van der Waals surface area contributed by atoms with Gasteiger partial charge in [-0.25, -0.2) is 0 Å². The van der Waals surface area contributed by atoms with Gasteiger partial charge in [0, 0.05) is 36.5 Å². The first-order valence-corrected chi connectivity index (χ1v) is 7.89. The molecule has 0 spiro atoms. The van der Waals surface area contributed by atoms with Gasteiger partial charge in [0.1, 0.15) is 11.6 Å². The third-order valence-electron chi connectivity index (χ3n) is 6.09. The molecule has 0 heterocycles. The molecule has 2 fully saturated rings. The summed E-state index contributed by atoms with van der Waals surface area (Å²) >= 11 is 0. The summed E-state index contributed by atoms with van der Waals surface area (Å²) in [5.74, 6) is 0.609. The van der Waals surface area contributed by atoms with Gasteiger partial charge in [-0.3, -0.25) is 9.59 Å². The van der Waals surface area contributed by atoms with Gasteiger partial charge < -0.3 is 0 Å². The van der Waals surface area contributed by atoms with E-state index in [-0.39, 0.29) is 10.8 Å². The van der Waals surface area contributed by atoms with Gasteiger partial charge in [0.05, 0.1) is 0 Å². The van der Waals surface area contributed by atoms with Crippen molar-refractivity contribution in [2.24, 2.45) is 0 Å². The van der Waals surface area contributed by atoms with Crippen molar-refractivity contribution in [2.75, 3.05) is 0 Å². The van der Waals surface area contributed by atoms with Crippen LogP contribution in [0.5, 0.6) is 0 Å². The minimum Gasteiger partial charge on any atom is -0.300 e. The summed E-state index contributed by atoms with van der Waals surface area (Å²) in [7, 11) is 0. The maximum Gasteiger partial charge on any atom is 0.134 e. The van der Waals surface area contributed by atoms with E-state index in [4.69, 9.17) is 0 Å². The standard InChI is InChI=1S/C20H16O2/c21-13-9-19-10-14(22)12-20(19,11-13)18-8-4-2-6-16(18)15-5-1-3-7-17(15)19/h1-8H,9-12H2. The lowest BCUT2D eigenvalue weighted by Gasteiger charge is -2.46. The van der Waals surface area contributed by atoms with Gasteiger partial charge in [0.25, 0.3) is 0 Å². The average molecular weight is 288 g/mol. The van der Waals surface area contributed by atoms with E-state index in [0.717, 1.165) is 0 Å². The molecule has 0 aromatic heterocycles. The molecule has 108 valence electrons. The summed E-state index contributed by atoms with van der Waals surface area (Å²) in [6.45, 7) is 0. The molecule has 2 aromatic carbocycles. The lowest BCUT2D eigenvalue weighted by Crippen LogP contribution is -2.43. The first-order valence-electron chi connectivity index (χ1n) is 7.89. The Balaban J connectivity index is 1.96. The van der Waals surface area contributed by atoms with E-state index in [9.17, 15) is 9.59 Å². The monoisotopic (exact) mass is 288 g/mol. The number of fused-ring (bicyclic) bond motifs is 3. The van der Waals surface area contributed by atoms with Gasteiger partial charge >= 0.3 is 0 Å². The van der Waals surface area contributed by atoms with Crippen LogP contribution in [0.4, 0.5) is 0 Å². The summed E-state index contributed by atoms with van der Waals surface area (Å²) in [5.41, 5.74) is 4.24. The normalized spacial score (nSPS) is 31.5. The summed E-state index contributed by atoms with van der Waals surface area (Å²) < 4.78 is 0. The highest BCUT2D eigenvalue weighted by atomic mass is 16.1. The Morgan fingerprint density at radius 2 is 0.955 bits per heavy atom. The molecule has 0 radical (unpaired) electrons. The van der Waals surface area contributed by atoms with E-state index >= 15 is 0 Å². The Hall–Kier alpha value is -2.22. The molecule has 5 rings (SSSR count). The van der Waals surface area contributed by atoms with Gasteiger partial charge in [0.2, 0.25) is 0 Å². The smallest absolute Gasteiger partial charge is 0.134 e. The molecule has 0 unspecified atom stereocenters. The van der Waals surface area contributed by atoms with Crippen molar-refractivity contribution in [1.29, 1.82) is 0 Å². The number of carbonyl (C=O) groups is 2. The Morgan fingerprint density at radius 3 is 1.36 bits per heavy atom. The van der Waals surface area contributed by atoms with Crippen LogP contribution in [0.25, 0.3) is 11.1 Å². The van der Waals surface area contributed by atoms with Gasteiger partial charge in [-0.1, -0.05) is 48.5 Å². The predicted molar refractivity (Wildman–Crippen MR) is 83.7 cm³/mol. The fourth-order valence-corrected chi connectivity index (χ4v) is 5.44. The zero-order valence-corrected chi connectivity index (χ0v) is 12.3. The molecule has 2 heteroatoms. The van der Waals surface area contributed by atoms with Crippen LogP contribution in [0.15, 0.2) is 48.5 Å². The summed E-state index contributed by atoms with van der Waals surface area (Å²) in [4.78, 5) is 24.9. The second-order valence-corrected chi connectivity index (χ2v) is 7.04. The van der Waals surface area contributed by atoms with E-state index in [1.165, 1.54) is 22.3 Å². The van der Waals surface area contributed by atoms with Crippen LogP contribution in [0.2, 0.25) is 0 Å². The average Bonchev–Trinajstić information content (AvgIpc) is 2.96. The minimum absolute atomic E-state index is 0.299. The third-order valence-corrected chi connectivity index (χ3v) is 6.09. The number of Topliss-reactive ketones (excluding diaryl/α,β-unsaturated/α-hetero) is 2. The topological polar surface area (TPSA) is 34.1 Å². The van der Waals surface area contributed by atoms with Crippen LogP contribution in [0, 0.1) is 0 Å². The second kappa shape index (κ2) is 3.75. The summed E-state index contributed by atoms with van der Waals surface area (Å²) in [6, 6.07) is 16.7. The molecule has 0 N–H and O–H groups in total. The minimum atomic E-state index is -0.299. The Labute approximate surface area is 129 Å². The highest BCUT2D eigenvalue weighted by molar-refractivity contribution is 5.99. The molecular weight excluding hydrogens is 272 g/mol. The number of carbonyl (C=O) groups excluding carboxylic acids is 2. The van der Waals surface area contributed by atoms with Crippen molar-refractivity contribution in [2.45, 2.75) is 36.5 Å². The van der Waals surface area contributed by atoms with Crippen LogP contribution < -0.4 is 0 Å². The number of ketones is 2. The fraction of sp³-hybridized carbons (Fsp3) is 0.300. The highest BCUT2D eigenvalue weighted by Gasteiger charge is 2.67. The van der Waals surface area contributed by atoms with E-state index < -0.39 is 0 Å². The van der Waals surface area contributed by atoms with Crippen LogP contribution in [-0.4, -0.2) is 11.6 Å². The molecule has 0 aliphatic heterocycles. The number of benzene rings is 2. The van der Waals surface area contributed by atoms with Gasteiger partial charge in [-0.2, -0.15) is 0 Å². The van der Waals surface area contributed by atoms with Crippen LogP contribution in [-0.2, 0) is 20.4 Å². The molecule has 2 nitrogen and oxygen atoms in total. The van der Waals surface area contributed by atoms with Gasteiger partial charge in [-0.05, 0) is 22.3 Å². The quantitative estimate of drug-likeness (QED) is 0.742. The molecule has 0 amide bonds. The van der Waals surface area contributed by atoms with Crippen LogP contribution in [0.3, 0.4) is 0 Å². The molecule has 3 aliphatic carbocycles. The van der Waals surface area contributed by atoms with E-state index in [2.05, 4.69) is 24.3 Å². The number of hydrogen-bond acceptors (Lipinski definition) is 2. The molecule has 0 bridgehead atoms. The largest absolute Gasteiger partial charge is 0.300 e. The fourth-order valence-electron chi connectivity index (χ4n) is 5.44. The zero-order valence-electron chi connectivity index (χ0n) is 12.3. The third kappa shape index (κ3) is 1.19. The Morgan fingerprint density at radius 1 is 0.591 bits per heavy atom. The van der Waals surface area contributed by atoms with E-state index in [1.807, 2.05) is 24.3 Å². The SMILES string of the molecule is O=C1CC23CC(=O)CC2(C1)c1ccccc1-c1ccccc13. The Kier molecular flexibility index (Phi) is 2.10. The van der Waals surface area contributed by atoms with Crippen LogP contribution >= 0.6 is 0 Å². The summed E-state index contributed by atoms with van der Waals surface area (Å²) in [5, 5.41) is 0. The van der Waals surface area contributed by atoms with Crippen molar-refractivity contribution >= 4 is 11.6 Å². The summed E-state index contributed by atoms with van der Waals surface area (Å²) in [6.07, 6.45) is 2.07. The van der Waals surface area contributed by atoms with Gasteiger partial charge in [-0.15, -0.1) is 0 Å². The van der Waals surface area contributed by atoms with Crippen molar-refractivity contribution in [1.82, 2.24) is 0 Å². The van der Waals surface area contributed by atoms with Crippen molar-refractivity contribution in [3.8, 4) is 11.1 Å². The predicted octanol–water partition coefficient (Wildman–Crippen LogP) is 3.57. The molecule has 2 saturated carbocycles. The lowest BCUT2D eigenvalue weighted by molar-refractivity contribution is -0.120. The number of rotatable bonds is 0. The molecule has 22 heavy (non-hydrogen) atoms. The second-order valence-electron chi connectivity index (χ2n) is 7.04. The van der Waals surface area contributed by atoms with Crippen molar-refractivity contribution in [3.63, 3.8) is 0 Å². The van der Waals surface area contributed by atoms with Crippen LogP contribution in [0.1, 0.15) is 36.8 Å². The molecule has 2 aromatic rings. The molecule has 0 saturated heterocycles. The maximum atomic E-state index is 12.4. The van der Waals surface area contributed by atoms with E-state index in [0.29, 0.717) is 37.2 Å². The first-order chi connectivity index (χ1) is 10.7. The van der Waals surface area contributed by atoms with E-state index in [1.54, 1.807) is 0 Å². The number of hydrogen-bond donors (Lipinski definition) is 0. The zero-order chi connectivity index (χ0) is 14.9. The van der Waals surface area contributed by atoms with Crippen molar-refractivity contribution < 1.29 is 9.59 Å². The molecule has 0 atom stereocenters. The molecular formula is C20H16O2. The first kappa shape index (κ1) is 12.3. The Bertz CT molecular complexity index is 759.